The molecule has 3 N–H and O–H groups in total. The summed E-state index contributed by atoms with van der Waals surface area (Å²) in [5.41, 5.74) is -1.12. The number of carboxylic acid groups (broad SMARTS) is 1. The highest BCUT2D eigenvalue weighted by Crippen LogP contribution is 2.40. The van der Waals surface area contributed by atoms with Crippen molar-refractivity contribution in [1.82, 2.24) is 25.4 Å². The summed E-state index contributed by atoms with van der Waals surface area (Å²) in [6.45, 7) is 5.95. The van der Waals surface area contributed by atoms with Crippen LogP contribution in [0.3, 0.4) is 0 Å². The van der Waals surface area contributed by atoms with Gasteiger partial charge in [0, 0.05) is 32.8 Å². The third kappa shape index (κ3) is 5.29. The van der Waals surface area contributed by atoms with Crippen LogP contribution in [-0.4, -0.2) is 79.6 Å². The number of hydrogen-bond donors (Lipinski definition) is 3. The molecule has 174 valence electrons. The number of amides is 1. The van der Waals surface area contributed by atoms with Crippen LogP contribution in [-0.2, 0) is 16.1 Å². The molecule has 4 heterocycles. The highest BCUT2D eigenvalue weighted by molar-refractivity contribution is 5.92. The molecule has 32 heavy (non-hydrogen) atoms. The Bertz CT molecular complexity index is 899. The Morgan fingerprint density at radius 2 is 2.03 bits per heavy atom. The number of nitrogens with one attached hydrogen (secondary N) is 1. The van der Waals surface area contributed by atoms with Crippen LogP contribution < -0.4 is 5.32 Å². The lowest BCUT2D eigenvalue weighted by Gasteiger charge is -2.53. The van der Waals surface area contributed by atoms with E-state index in [1.54, 1.807) is 31.3 Å². The Balaban J connectivity index is 0.000000913. The van der Waals surface area contributed by atoms with Crippen LogP contribution in [0.2, 0.25) is 0 Å². The predicted molar refractivity (Wildman–Crippen MR) is 112 cm³/mol. The fraction of sp³-hybridized carbons (Fsp3) is 0.571. The van der Waals surface area contributed by atoms with Gasteiger partial charge in [-0.15, -0.1) is 10.2 Å². The molecule has 0 bridgehead atoms. The van der Waals surface area contributed by atoms with Crippen molar-refractivity contribution in [2.75, 3.05) is 19.7 Å². The molecule has 2 aromatic rings. The van der Waals surface area contributed by atoms with Crippen LogP contribution in [0.5, 0.6) is 0 Å². The molecule has 2 atom stereocenters. The number of aryl methyl sites for hydroxylation is 1. The van der Waals surface area contributed by atoms with Gasteiger partial charge in [0.1, 0.15) is 11.8 Å². The van der Waals surface area contributed by atoms with Gasteiger partial charge < -0.3 is 24.7 Å². The second-order valence-electron chi connectivity index (χ2n) is 8.25. The molecular weight excluding hydrogens is 418 g/mol. The fourth-order valence-electron chi connectivity index (χ4n) is 4.31. The number of hydrogen-bond acceptors (Lipinski definition) is 9. The molecule has 2 aromatic heterocycles. The number of piperidine rings is 1. The lowest BCUT2D eigenvalue weighted by atomic mass is 9.73. The summed E-state index contributed by atoms with van der Waals surface area (Å²) in [5.74, 6) is 0.864. The van der Waals surface area contributed by atoms with Crippen LogP contribution >= 0.6 is 0 Å². The van der Waals surface area contributed by atoms with Gasteiger partial charge in [0.15, 0.2) is 0 Å². The molecule has 2 aliphatic rings. The molecule has 2 aliphatic heterocycles. The van der Waals surface area contributed by atoms with Gasteiger partial charge in [-0.05, 0) is 38.3 Å². The van der Waals surface area contributed by atoms with Crippen molar-refractivity contribution < 1.29 is 29.0 Å². The molecule has 2 fully saturated rings. The van der Waals surface area contributed by atoms with E-state index in [1.807, 2.05) is 6.92 Å². The first kappa shape index (κ1) is 23.8. The van der Waals surface area contributed by atoms with E-state index in [9.17, 15) is 9.90 Å². The van der Waals surface area contributed by atoms with Gasteiger partial charge in [0.25, 0.3) is 12.4 Å². The molecule has 1 amide bonds. The first-order valence-electron chi connectivity index (χ1n) is 10.5. The van der Waals surface area contributed by atoms with E-state index < -0.39 is 17.2 Å². The minimum absolute atomic E-state index is 0.250. The average Bonchev–Trinajstić information content (AvgIpc) is 3.19. The van der Waals surface area contributed by atoms with E-state index in [4.69, 9.17) is 19.1 Å². The minimum Gasteiger partial charge on any atom is -0.483 e. The number of carbonyl (C=O) groups excluding carboxylic acids is 1. The molecule has 0 aromatic carbocycles. The minimum atomic E-state index is -0.816. The van der Waals surface area contributed by atoms with Gasteiger partial charge in [0.05, 0.1) is 17.7 Å². The smallest absolute Gasteiger partial charge is 0.290 e. The number of rotatable bonds is 4. The highest BCUT2D eigenvalue weighted by atomic mass is 16.5. The first-order valence-corrected chi connectivity index (χ1v) is 10.5. The van der Waals surface area contributed by atoms with Gasteiger partial charge in [-0.25, -0.2) is 0 Å². The maximum Gasteiger partial charge on any atom is 0.290 e. The molecule has 0 saturated carbocycles. The zero-order valence-corrected chi connectivity index (χ0v) is 18.2. The third-order valence-electron chi connectivity index (χ3n) is 6.04. The van der Waals surface area contributed by atoms with Crippen molar-refractivity contribution in [2.24, 2.45) is 0 Å². The lowest BCUT2D eigenvalue weighted by Crippen LogP contribution is -2.69. The highest BCUT2D eigenvalue weighted by Gasteiger charge is 2.53. The van der Waals surface area contributed by atoms with Crippen LogP contribution in [0.15, 0.2) is 28.8 Å². The van der Waals surface area contributed by atoms with Gasteiger partial charge in [-0.1, -0.05) is 6.07 Å². The molecule has 1 spiro atoms. The molecular formula is C21H29N5O6. The van der Waals surface area contributed by atoms with E-state index in [-0.39, 0.29) is 12.4 Å². The summed E-state index contributed by atoms with van der Waals surface area (Å²) in [4.78, 5) is 27.3. The van der Waals surface area contributed by atoms with Crippen LogP contribution in [0.25, 0.3) is 0 Å². The number of aliphatic hydroxyl groups excluding tert-OH is 1. The van der Waals surface area contributed by atoms with Crippen LogP contribution in [0, 0.1) is 6.92 Å². The zero-order chi connectivity index (χ0) is 23.2. The largest absolute Gasteiger partial charge is 0.483 e. The van der Waals surface area contributed by atoms with Crippen LogP contribution in [0.1, 0.15) is 48.5 Å². The molecule has 4 rings (SSSR count). The van der Waals surface area contributed by atoms with Crippen molar-refractivity contribution in [3.8, 4) is 0 Å². The summed E-state index contributed by atoms with van der Waals surface area (Å²) in [6, 6.07) is 5.20. The van der Waals surface area contributed by atoms with Crippen molar-refractivity contribution in [3.63, 3.8) is 0 Å². The SMILES string of the molecule is Cc1nnc(CN2CCC3(CC2)OCC[C@](C)(NC(=O)c2ccccn2)[C@H]3O)o1.O=CO. The quantitative estimate of drug-likeness (QED) is 0.573. The normalized spacial score (nSPS) is 24.9. The number of carbonyl (C=O) groups is 2. The van der Waals surface area contributed by atoms with Crippen molar-refractivity contribution in [1.29, 1.82) is 0 Å². The standard InChI is InChI=1S/C20H27N5O4.CH2O2/c1-14-23-24-16(29-14)13-25-10-6-20(7-11-25)18(27)19(2,8-12-28-20)22-17(26)15-5-3-4-9-21-15;2-1-3/h3-5,9,18,27H,6-8,10-13H2,1-2H3,(H,22,26);1H,(H,2,3)/t18-,19+;/m1./s1. The van der Waals surface area contributed by atoms with Crippen LogP contribution in [0.4, 0.5) is 0 Å². The topological polar surface area (TPSA) is 151 Å². The molecule has 11 nitrogen and oxygen atoms in total. The lowest BCUT2D eigenvalue weighted by molar-refractivity contribution is -0.206. The first-order chi connectivity index (χ1) is 15.3. The van der Waals surface area contributed by atoms with E-state index in [0.717, 1.165) is 13.1 Å². The van der Waals surface area contributed by atoms with E-state index in [2.05, 4.69) is 25.4 Å². The molecule has 0 radical (unpaired) electrons. The van der Waals surface area contributed by atoms with Crippen molar-refractivity contribution in [2.45, 2.75) is 56.9 Å². The van der Waals surface area contributed by atoms with E-state index in [0.29, 0.717) is 49.9 Å². The average molecular weight is 447 g/mol. The number of ether oxygens (including phenoxy) is 1. The second-order valence-corrected chi connectivity index (χ2v) is 8.25. The van der Waals surface area contributed by atoms with Gasteiger partial charge >= 0.3 is 0 Å². The number of aliphatic hydroxyl groups is 1. The monoisotopic (exact) mass is 447 g/mol. The Labute approximate surface area is 185 Å². The number of aromatic nitrogens is 3. The third-order valence-corrected chi connectivity index (χ3v) is 6.04. The zero-order valence-electron chi connectivity index (χ0n) is 18.2. The summed E-state index contributed by atoms with van der Waals surface area (Å²) < 4.78 is 11.6. The van der Waals surface area contributed by atoms with E-state index in [1.165, 1.54) is 0 Å². The maximum absolute atomic E-state index is 12.6. The summed E-state index contributed by atoms with van der Waals surface area (Å²) >= 11 is 0. The second kappa shape index (κ2) is 10.2. The number of nitrogens with zero attached hydrogens (tertiary/aromatic N) is 4. The maximum atomic E-state index is 12.6. The Kier molecular flexibility index (Phi) is 7.54. The summed E-state index contributed by atoms with van der Waals surface area (Å²) in [5, 5.41) is 29.1. The summed E-state index contributed by atoms with van der Waals surface area (Å²) in [6.07, 6.45) is 2.63. The summed E-state index contributed by atoms with van der Waals surface area (Å²) in [7, 11) is 0. The molecule has 11 heteroatoms. The van der Waals surface area contributed by atoms with Crippen molar-refractivity contribution in [3.05, 3.63) is 41.9 Å². The van der Waals surface area contributed by atoms with Gasteiger partial charge in [-0.2, -0.15) is 0 Å². The number of likely N-dealkylation sites (tertiary alicyclic amines) is 1. The van der Waals surface area contributed by atoms with Gasteiger partial charge in [-0.3, -0.25) is 19.5 Å². The molecule has 0 unspecified atom stereocenters. The Hall–Kier alpha value is -2.89. The molecule has 2 saturated heterocycles. The number of pyridine rings is 1. The Morgan fingerprint density at radius 1 is 1.31 bits per heavy atom. The fourth-order valence-corrected chi connectivity index (χ4v) is 4.31. The Morgan fingerprint density at radius 3 is 2.62 bits per heavy atom. The van der Waals surface area contributed by atoms with Gasteiger partial charge in [0.2, 0.25) is 11.8 Å². The van der Waals surface area contributed by atoms with E-state index >= 15 is 0 Å². The molecule has 0 aliphatic carbocycles. The predicted octanol–water partition coefficient (Wildman–Crippen LogP) is 0.778. The van der Waals surface area contributed by atoms with Crippen molar-refractivity contribution >= 4 is 12.4 Å².